The number of carbonyl (C=O) groups is 2. The number of carbonyl (C=O) groups excluding carboxylic acids is 1. The van der Waals surface area contributed by atoms with E-state index in [4.69, 9.17) is 4.74 Å². The molecule has 1 saturated carbocycles. The number of hydrogen-bond donors (Lipinski definition) is 1. The molecule has 4 atom stereocenters. The quantitative estimate of drug-likeness (QED) is 0.437. The number of allylic oxidation sites excluding steroid dienone is 1. The van der Waals surface area contributed by atoms with Crippen LogP contribution in [-0.2, 0) is 15.0 Å². The van der Waals surface area contributed by atoms with Gasteiger partial charge >= 0.3 is 5.97 Å². The molecule has 194 valence electrons. The van der Waals surface area contributed by atoms with Gasteiger partial charge in [0.2, 0.25) is 0 Å². The van der Waals surface area contributed by atoms with Gasteiger partial charge in [-0.15, -0.1) is 0 Å². The summed E-state index contributed by atoms with van der Waals surface area (Å²) in [5.41, 5.74) is 4.18. The first-order valence-electron chi connectivity index (χ1n) is 13.3. The third-order valence-corrected chi connectivity index (χ3v) is 9.40. The fourth-order valence-electron chi connectivity index (χ4n) is 7.95. The van der Waals surface area contributed by atoms with Crippen LogP contribution in [0.5, 0.6) is 5.75 Å². The molecule has 3 aliphatic carbocycles. The number of benzene rings is 3. The number of hydrogen-bond acceptors (Lipinski definition) is 3. The van der Waals surface area contributed by atoms with E-state index in [-0.39, 0.29) is 24.3 Å². The number of ether oxygens (including phenoxy) is 1. The van der Waals surface area contributed by atoms with Crippen molar-refractivity contribution < 1.29 is 19.4 Å². The van der Waals surface area contributed by atoms with E-state index in [9.17, 15) is 14.7 Å². The Kier molecular flexibility index (Phi) is 5.71. The zero-order chi connectivity index (χ0) is 26.7. The molecule has 2 bridgehead atoms. The van der Waals surface area contributed by atoms with E-state index in [0.29, 0.717) is 17.9 Å². The van der Waals surface area contributed by atoms with Gasteiger partial charge in [-0.25, -0.2) is 0 Å². The molecule has 0 spiro atoms. The number of fused-ring (bicyclic) bond motifs is 1. The summed E-state index contributed by atoms with van der Waals surface area (Å²) in [6.07, 6.45) is 1.67. The molecule has 0 radical (unpaired) electrons. The Morgan fingerprint density at radius 2 is 1.63 bits per heavy atom. The monoisotopic (exact) mass is 507 g/mol. The molecule has 1 saturated heterocycles. The molecule has 2 fully saturated rings. The van der Waals surface area contributed by atoms with Crippen LogP contribution >= 0.6 is 0 Å². The molecule has 1 heterocycles. The van der Waals surface area contributed by atoms with Crippen LogP contribution in [0.2, 0.25) is 0 Å². The maximum Gasteiger partial charge on any atom is 0.312 e. The average Bonchev–Trinajstić information content (AvgIpc) is 3.38. The van der Waals surface area contributed by atoms with Gasteiger partial charge in [0, 0.05) is 41.5 Å². The van der Waals surface area contributed by atoms with E-state index in [1.54, 1.807) is 7.11 Å². The van der Waals surface area contributed by atoms with E-state index >= 15 is 0 Å². The summed E-state index contributed by atoms with van der Waals surface area (Å²) in [5, 5.41) is 11.0. The predicted molar refractivity (Wildman–Crippen MR) is 147 cm³/mol. The highest BCUT2D eigenvalue weighted by Gasteiger charge is 2.70. The first kappa shape index (κ1) is 24.5. The Hall–Kier alpha value is -3.86. The van der Waals surface area contributed by atoms with Crippen molar-refractivity contribution >= 4 is 17.4 Å². The zero-order valence-electron chi connectivity index (χ0n) is 22.1. The number of amides is 1. The number of nitrogens with zero attached hydrogens (tertiary/aromatic N) is 1. The summed E-state index contributed by atoms with van der Waals surface area (Å²) in [5.74, 6) is -0.658. The maximum atomic E-state index is 14.3. The number of methoxy groups -OCH3 is 1. The van der Waals surface area contributed by atoms with E-state index in [0.717, 1.165) is 35.1 Å². The average molecular weight is 508 g/mol. The fraction of sp³-hybridized carbons (Fsp3) is 0.333. The molecule has 4 unspecified atom stereocenters. The highest BCUT2D eigenvalue weighted by atomic mass is 16.5. The second-order valence-electron chi connectivity index (χ2n) is 11.2. The smallest absolute Gasteiger partial charge is 0.312 e. The van der Waals surface area contributed by atoms with Crippen LogP contribution in [0.15, 0.2) is 84.4 Å². The minimum atomic E-state index is -1.05. The van der Waals surface area contributed by atoms with E-state index in [2.05, 4.69) is 30.3 Å². The van der Waals surface area contributed by atoms with Crippen LogP contribution in [0.4, 0.5) is 0 Å². The highest BCUT2D eigenvalue weighted by molar-refractivity contribution is 6.21. The normalized spacial score (nSPS) is 26.9. The van der Waals surface area contributed by atoms with Gasteiger partial charge in [-0.3, -0.25) is 9.59 Å². The van der Waals surface area contributed by atoms with Crippen molar-refractivity contribution in [3.05, 3.63) is 107 Å². The van der Waals surface area contributed by atoms with E-state index < -0.39 is 16.8 Å². The van der Waals surface area contributed by atoms with Crippen molar-refractivity contribution in [3.8, 4) is 5.75 Å². The lowest BCUT2D eigenvalue weighted by molar-refractivity contribution is -0.157. The molecule has 3 aromatic rings. The summed E-state index contributed by atoms with van der Waals surface area (Å²) in [6.45, 7) is 4.46. The number of carboxylic acids is 1. The number of likely N-dealkylation sites (tertiary alicyclic amines) is 1. The van der Waals surface area contributed by atoms with Gasteiger partial charge in [0.25, 0.3) is 5.91 Å². The number of aliphatic carboxylic acids is 1. The van der Waals surface area contributed by atoms with Crippen LogP contribution in [0.25, 0.3) is 5.57 Å². The second kappa shape index (κ2) is 8.87. The second-order valence-corrected chi connectivity index (χ2v) is 11.2. The lowest BCUT2D eigenvalue weighted by Gasteiger charge is -2.59. The van der Waals surface area contributed by atoms with Crippen molar-refractivity contribution in [1.82, 2.24) is 4.90 Å². The van der Waals surface area contributed by atoms with E-state index in [1.165, 1.54) is 5.56 Å². The van der Waals surface area contributed by atoms with Crippen LogP contribution in [0, 0.1) is 11.3 Å². The maximum absolute atomic E-state index is 14.3. The lowest BCUT2D eigenvalue weighted by atomic mass is 9.42. The van der Waals surface area contributed by atoms with Crippen molar-refractivity contribution in [1.29, 1.82) is 0 Å². The standard InChI is InChI=1S/C33H33NO4/c1-21(2)29(24-14-8-10-16-27(24)38-3)30(35)34-19-28-32(22-11-5-4-6-12-22)18-17-26(33(28,20-34)31(36)37)23-13-7-9-15-25(23)32/h4-16,26,28H,17-20H2,1-3H3,(H,36,37). The number of carboxylic acid groups (broad SMARTS) is 1. The number of rotatable bonds is 5. The molecule has 1 aliphatic heterocycles. The Balaban J connectivity index is 1.52. The van der Waals surface area contributed by atoms with E-state index in [1.807, 2.05) is 67.3 Å². The van der Waals surface area contributed by atoms with Crippen LogP contribution in [0.3, 0.4) is 0 Å². The van der Waals surface area contributed by atoms with Gasteiger partial charge in [0.1, 0.15) is 5.75 Å². The minimum absolute atomic E-state index is 0.129. The molecule has 7 rings (SSSR count). The lowest BCUT2D eigenvalue weighted by Crippen LogP contribution is -2.60. The Morgan fingerprint density at radius 1 is 0.947 bits per heavy atom. The molecular weight excluding hydrogens is 474 g/mol. The van der Waals surface area contributed by atoms with Gasteiger partial charge in [-0.1, -0.05) is 78.4 Å². The summed E-state index contributed by atoms with van der Waals surface area (Å²) < 4.78 is 5.60. The topological polar surface area (TPSA) is 66.8 Å². The largest absolute Gasteiger partial charge is 0.496 e. The summed E-state index contributed by atoms with van der Waals surface area (Å²) in [7, 11) is 1.61. The van der Waals surface area contributed by atoms with Gasteiger partial charge < -0.3 is 14.7 Å². The van der Waals surface area contributed by atoms with Crippen LogP contribution < -0.4 is 4.74 Å². The molecule has 0 aromatic heterocycles. The molecule has 1 N–H and O–H groups in total. The van der Waals surface area contributed by atoms with Crippen molar-refractivity contribution in [2.75, 3.05) is 20.2 Å². The SMILES string of the molecule is COc1ccccc1C(C(=O)N1CC2C3(c4ccccc4)CCC(c4ccccc43)C2(C(=O)O)C1)=C(C)C. The summed E-state index contributed by atoms with van der Waals surface area (Å²) >= 11 is 0. The van der Waals surface area contributed by atoms with Gasteiger partial charge in [-0.2, -0.15) is 0 Å². The molecule has 1 amide bonds. The third kappa shape index (κ3) is 3.17. The highest BCUT2D eigenvalue weighted by Crippen LogP contribution is 2.69. The Bertz CT molecular complexity index is 1460. The number of para-hydroxylation sites is 1. The molecule has 5 heteroatoms. The molecule has 3 aromatic carbocycles. The first-order valence-corrected chi connectivity index (χ1v) is 13.3. The van der Waals surface area contributed by atoms with Gasteiger partial charge in [0.05, 0.1) is 12.5 Å². The molecule has 38 heavy (non-hydrogen) atoms. The predicted octanol–water partition coefficient (Wildman–Crippen LogP) is 5.90. The summed E-state index contributed by atoms with van der Waals surface area (Å²) in [4.78, 5) is 29.5. The molecule has 5 nitrogen and oxygen atoms in total. The Morgan fingerprint density at radius 3 is 2.34 bits per heavy atom. The Labute approximate surface area is 223 Å². The van der Waals surface area contributed by atoms with Crippen LogP contribution in [0.1, 0.15) is 54.9 Å². The molecular formula is C33H33NO4. The minimum Gasteiger partial charge on any atom is -0.496 e. The third-order valence-electron chi connectivity index (χ3n) is 9.40. The van der Waals surface area contributed by atoms with Crippen LogP contribution in [-0.4, -0.2) is 42.1 Å². The zero-order valence-corrected chi connectivity index (χ0v) is 22.1. The van der Waals surface area contributed by atoms with Crippen molar-refractivity contribution in [3.63, 3.8) is 0 Å². The van der Waals surface area contributed by atoms with Crippen molar-refractivity contribution in [2.45, 2.75) is 38.0 Å². The van der Waals surface area contributed by atoms with Gasteiger partial charge in [0.15, 0.2) is 0 Å². The molecule has 4 aliphatic rings. The fourth-order valence-corrected chi connectivity index (χ4v) is 7.95. The summed E-state index contributed by atoms with van der Waals surface area (Å²) in [6, 6.07) is 26.3. The van der Waals surface area contributed by atoms with Gasteiger partial charge in [-0.05, 0) is 49.4 Å². The first-order chi connectivity index (χ1) is 18.4. The van der Waals surface area contributed by atoms with Crippen molar-refractivity contribution in [2.24, 2.45) is 11.3 Å².